The average Bonchev–Trinajstić information content (AvgIpc) is 2.15. The average molecular weight is 143 g/mol. The zero-order valence-corrected chi connectivity index (χ0v) is 6.35. The molecule has 1 saturated heterocycles. The van der Waals surface area contributed by atoms with Crippen molar-refractivity contribution in [1.82, 2.24) is 5.32 Å². The fourth-order valence-corrected chi connectivity index (χ4v) is 1.23. The van der Waals surface area contributed by atoms with Gasteiger partial charge in [-0.3, -0.25) is 4.79 Å². The van der Waals surface area contributed by atoms with Gasteiger partial charge < -0.3 is 10.4 Å². The standard InChI is InChI=1S/C7H13NO2/c1-5-3-8-4-7(5,2)6(9)10/h5,8H,3-4H2,1-2H3,(H,9,10)/t5-,7-/m0/s1. The molecule has 0 spiro atoms. The van der Waals surface area contributed by atoms with E-state index in [0.717, 1.165) is 6.54 Å². The molecule has 1 aliphatic rings. The van der Waals surface area contributed by atoms with Crippen LogP contribution >= 0.6 is 0 Å². The Hall–Kier alpha value is -0.570. The number of hydrogen-bond donors (Lipinski definition) is 2. The second kappa shape index (κ2) is 2.23. The molecule has 1 aliphatic heterocycles. The highest BCUT2D eigenvalue weighted by Gasteiger charge is 2.42. The van der Waals surface area contributed by atoms with E-state index in [1.54, 1.807) is 6.92 Å². The van der Waals surface area contributed by atoms with Crippen LogP contribution in [0.4, 0.5) is 0 Å². The van der Waals surface area contributed by atoms with Crippen molar-refractivity contribution in [2.45, 2.75) is 13.8 Å². The smallest absolute Gasteiger partial charge is 0.310 e. The lowest BCUT2D eigenvalue weighted by molar-refractivity contribution is -0.148. The van der Waals surface area contributed by atoms with Gasteiger partial charge in [-0.2, -0.15) is 0 Å². The Labute approximate surface area is 60.4 Å². The maximum atomic E-state index is 10.7. The molecule has 3 heteroatoms. The zero-order chi connectivity index (χ0) is 7.78. The predicted molar refractivity (Wildman–Crippen MR) is 37.8 cm³/mol. The number of nitrogens with one attached hydrogen (secondary N) is 1. The molecule has 0 bridgehead atoms. The minimum atomic E-state index is -0.690. The van der Waals surface area contributed by atoms with Crippen LogP contribution < -0.4 is 5.32 Å². The molecular formula is C7H13NO2. The molecule has 2 N–H and O–H groups in total. The third kappa shape index (κ3) is 0.904. The van der Waals surface area contributed by atoms with Crippen molar-refractivity contribution < 1.29 is 9.90 Å². The second-order valence-corrected chi connectivity index (χ2v) is 3.25. The summed E-state index contributed by atoms with van der Waals surface area (Å²) >= 11 is 0. The molecule has 10 heavy (non-hydrogen) atoms. The van der Waals surface area contributed by atoms with Crippen LogP contribution in [0.5, 0.6) is 0 Å². The number of carbonyl (C=O) groups is 1. The first-order chi connectivity index (χ1) is 4.57. The molecule has 1 rings (SSSR count). The van der Waals surface area contributed by atoms with Crippen molar-refractivity contribution in [3.05, 3.63) is 0 Å². The van der Waals surface area contributed by atoms with Gasteiger partial charge in [-0.25, -0.2) is 0 Å². The summed E-state index contributed by atoms with van der Waals surface area (Å²) < 4.78 is 0. The highest BCUT2D eigenvalue weighted by atomic mass is 16.4. The number of aliphatic carboxylic acids is 1. The van der Waals surface area contributed by atoms with Crippen LogP contribution in [0.15, 0.2) is 0 Å². The van der Waals surface area contributed by atoms with Crippen LogP contribution in [0.1, 0.15) is 13.8 Å². The number of rotatable bonds is 1. The molecule has 0 aliphatic carbocycles. The Morgan fingerprint density at radius 1 is 1.80 bits per heavy atom. The first kappa shape index (κ1) is 7.54. The highest BCUT2D eigenvalue weighted by molar-refractivity contribution is 5.75. The van der Waals surface area contributed by atoms with Crippen molar-refractivity contribution in [2.24, 2.45) is 11.3 Å². The summed E-state index contributed by atoms with van der Waals surface area (Å²) in [6, 6.07) is 0. The van der Waals surface area contributed by atoms with E-state index < -0.39 is 11.4 Å². The summed E-state index contributed by atoms with van der Waals surface area (Å²) in [7, 11) is 0. The third-order valence-electron chi connectivity index (χ3n) is 2.52. The maximum Gasteiger partial charge on any atom is 0.310 e. The monoisotopic (exact) mass is 143 g/mol. The van der Waals surface area contributed by atoms with Crippen LogP contribution in [-0.2, 0) is 4.79 Å². The quantitative estimate of drug-likeness (QED) is 0.555. The maximum absolute atomic E-state index is 10.7. The van der Waals surface area contributed by atoms with E-state index in [2.05, 4.69) is 5.32 Å². The Morgan fingerprint density at radius 3 is 2.60 bits per heavy atom. The van der Waals surface area contributed by atoms with Gasteiger partial charge in [0.25, 0.3) is 0 Å². The summed E-state index contributed by atoms with van der Waals surface area (Å²) in [6.07, 6.45) is 0. The largest absolute Gasteiger partial charge is 0.481 e. The third-order valence-corrected chi connectivity index (χ3v) is 2.52. The van der Waals surface area contributed by atoms with Gasteiger partial charge >= 0.3 is 5.97 Å². The molecule has 0 aromatic rings. The molecule has 0 aromatic heterocycles. The summed E-state index contributed by atoms with van der Waals surface area (Å²) in [5.74, 6) is -0.449. The molecule has 0 amide bonds. The van der Waals surface area contributed by atoms with Crippen molar-refractivity contribution >= 4 is 5.97 Å². The lowest BCUT2D eigenvalue weighted by atomic mass is 9.81. The predicted octanol–water partition coefficient (Wildman–Crippen LogP) is 0.317. The zero-order valence-electron chi connectivity index (χ0n) is 6.35. The van der Waals surface area contributed by atoms with Gasteiger partial charge in [-0.15, -0.1) is 0 Å². The van der Waals surface area contributed by atoms with Crippen molar-refractivity contribution in [3.8, 4) is 0 Å². The Morgan fingerprint density at radius 2 is 2.40 bits per heavy atom. The van der Waals surface area contributed by atoms with E-state index in [0.29, 0.717) is 6.54 Å². The van der Waals surface area contributed by atoms with Crippen molar-refractivity contribution in [3.63, 3.8) is 0 Å². The molecule has 0 radical (unpaired) electrons. The van der Waals surface area contributed by atoms with Gasteiger partial charge in [0, 0.05) is 6.54 Å². The Balaban J connectivity index is 2.75. The van der Waals surface area contributed by atoms with Gasteiger partial charge in [-0.05, 0) is 19.4 Å². The second-order valence-electron chi connectivity index (χ2n) is 3.25. The van der Waals surface area contributed by atoms with E-state index in [-0.39, 0.29) is 5.92 Å². The van der Waals surface area contributed by atoms with Crippen LogP contribution in [0.25, 0.3) is 0 Å². The first-order valence-corrected chi connectivity index (χ1v) is 3.51. The molecular weight excluding hydrogens is 130 g/mol. The highest BCUT2D eigenvalue weighted by Crippen LogP contribution is 2.30. The van der Waals surface area contributed by atoms with Gasteiger partial charge in [-0.1, -0.05) is 6.92 Å². The molecule has 1 heterocycles. The Kier molecular flexibility index (Phi) is 1.68. The summed E-state index contributed by atoms with van der Waals surface area (Å²) in [6.45, 7) is 5.18. The number of carboxylic acid groups (broad SMARTS) is 1. The molecule has 2 atom stereocenters. The van der Waals surface area contributed by atoms with E-state index in [1.807, 2.05) is 6.92 Å². The van der Waals surface area contributed by atoms with Gasteiger partial charge in [0.15, 0.2) is 0 Å². The van der Waals surface area contributed by atoms with Crippen LogP contribution in [0.2, 0.25) is 0 Å². The minimum absolute atomic E-state index is 0.241. The Bertz CT molecular complexity index is 158. The summed E-state index contributed by atoms with van der Waals surface area (Å²) in [5.41, 5.74) is -0.542. The summed E-state index contributed by atoms with van der Waals surface area (Å²) in [5, 5.41) is 11.9. The SMILES string of the molecule is C[C@H]1CNC[C@]1(C)C(=O)O. The molecule has 1 fully saturated rings. The first-order valence-electron chi connectivity index (χ1n) is 3.51. The van der Waals surface area contributed by atoms with E-state index in [9.17, 15) is 4.79 Å². The molecule has 0 unspecified atom stereocenters. The summed E-state index contributed by atoms with van der Waals surface area (Å²) in [4.78, 5) is 10.7. The van der Waals surface area contributed by atoms with Crippen LogP contribution in [0, 0.1) is 11.3 Å². The molecule has 0 aromatic carbocycles. The molecule has 0 saturated carbocycles. The minimum Gasteiger partial charge on any atom is -0.481 e. The van der Waals surface area contributed by atoms with E-state index >= 15 is 0 Å². The van der Waals surface area contributed by atoms with E-state index in [4.69, 9.17) is 5.11 Å². The van der Waals surface area contributed by atoms with Gasteiger partial charge in [0.05, 0.1) is 5.41 Å². The van der Waals surface area contributed by atoms with E-state index in [1.165, 1.54) is 0 Å². The normalized spacial score (nSPS) is 40.0. The molecule has 3 nitrogen and oxygen atoms in total. The van der Waals surface area contributed by atoms with Gasteiger partial charge in [0.1, 0.15) is 0 Å². The van der Waals surface area contributed by atoms with Crippen LogP contribution in [-0.4, -0.2) is 24.2 Å². The topological polar surface area (TPSA) is 49.3 Å². The van der Waals surface area contributed by atoms with Crippen LogP contribution in [0.3, 0.4) is 0 Å². The fourth-order valence-electron chi connectivity index (χ4n) is 1.23. The number of carboxylic acids is 1. The lowest BCUT2D eigenvalue weighted by Crippen LogP contribution is -2.34. The number of hydrogen-bond acceptors (Lipinski definition) is 2. The van der Waals surface area contributed by atoms with Crippen molar-refractivity contribution in [2.75, 3.05) is 13.1 Å². The lowest BCUT2D eigenvalue weighted by Gasteiger charge is -2.21. The molecule has 58 valence electrons. The fraction of sp³-hybridized carbons (Fsp3) is 0.857. The van der Waals surface area contributed by atoms with Crippen molar-refractivity contribution in [1.29, 1.82) is 0 Å². The van der Waals surface area contributed by atoms with Gasteiger partial charge in [0.2, 0.25) is 0 Å².